The van der Waals surface area contributed by atoms with Crippen molar-refractivity contribution in [2.75, 3.05) is 24.4 Å². The Balaban J connectivity index is 0.00000374. The second-order valence-electron chi connectivity index (χ2n) is 14.2. The summed E-state index contributed by atoms with van der Waals surface area (Å²) >= 11 is 0. The van der Waals surface area contributed by atoms with E-state index in [-0.39, 0.29) is 27.9 Å². The summed E-state index contributed by atoms with van der Waals surface area (Å²) in [5.41, 5.74) is 15.4. The second kappa shape index (κ2) is 13.3. The minimum Gasteiger partial charge on any atom is -0.493 e. The number of hydrogen-bond acceptors (Lipinski definition) is 7. The van der Waals surface area contributed by atoms with Crippen LogP contribution in [0.5, 0.6) is 0 Å². The molecule has 7 nitrogen and oxygen atoms in total. The fraction of sp³-hybridized carbons (Fsp3) is 0. The van der Waals surface area contributed by atoms with Gasteiger partial charge >= 0.3 is 27.9 Å². The zero-order valence-electron chi connectivity index (χ0n) is 30.3. The number of hydrogen-bond donors (Lipinski definition) is 0. The number of nitrogens with zero attached hydrogens (tertiary/aromatic N) is 7. The van der Waals surface area contributed by atoms with Crippen molar-refractivity contribution in [2.24, 2.45) is 0 Å². The van der Waals surface area contributed by atoms with Crippen molar-refractivity contribution < 1.29 is 21.1 Å². The first-order valence-electron chi connectivity index (χ1n) is 18.8. The van der Waals surface area contributed by atoms with Crippen LogP contribution in [0.1, 0.15) is 0 Å². The van der Waals surface area contributed by atoms with Gasteiger partial charge in [-0.15, -0.1) is 60.1 Å². The Bertz CT molecular complexity index is 2640. The van der Waals surface area contributed by atoms with E-state index in [9.17, 15) is 0 Å². The van der Waals surface area contributed by atoms with E-state index < -0.39 is 0 Å². The summed E-state index contributed by atoms with van der Waals surface area (Å²) in [6.45, 7) is 4.15. The van der Waals surface area contributed by atoms with Gasteiger partial charge in [0.2, 0.25) is 0 Å². The Morgan fingerprint density at radius 2 is 0.877 bits per heavy atom. The maximum absolute atomic E-state index is 4.83. The third-order valence-electron chi connectivity index (χ3n) is 11.2. The monoisotopic (exact) mass is 910 g/mol. The molecule has 7 aromatic carbocycles. The van der Waals surface area contributed by atoms with Gasteiger partial charge in [0.25, 0.3) is 0 Å². The van der Waals surface area contributed by atoms with Crippen LogP contribution in [-0.2, 0) is 21.1 Å². The number of aromatic nitrogens is 2. The molecule has 270 valence electrons. The van der Waals surface area contributed by atoms with E-state index in [1.54, 1.807) is 12.4 Å². The van der Waals surface area contributed by atoms with Crippen LogP contribution in [0.15, 0.2) is 170 Å². The number of fused-ring (bicyclic) bond motifs is 13. The van der Waals surface area contributed by atoms with Gasteiger partial charge in [0.15, 0.2) is 0 Å². The molecule has 0 atom stereocenters. The Hall–Kier alpha value is -6.63. The molecule has 4 aliphatic heterocycles. The van der Waals surface area contributed by atoms with Crippen molar-refractivity contribution in [2.45, 2.75) is 0 Å². The van der Waals surface area contributed by atoms with Crippen molar-refractivity contribution >= 4 is 74.9 Å². The van der Waals surface area contributed by atoms with Crippen molar-refractivity contribution in [3.05, 3.63) is 196 Å². The first-order chi connectivity index (χ1) is 27.8. The average Bonchev–Trinajstić information content (AvgIpc) is 3.86. The fourth-order valence-electron chi connectivity index (χ4n) is 8.76. The molecule has 0 saturated heterocycles. The van der Waals surface area contributed by atoms with Gasteiger partial charge in [-0.3, -0.25) is 0 Å². The van der Waals surface area contributed by atoms with Crippen LogP contribution in [0, 0.1) is 25.5 Å². The number of benzene rings is 7. The molecule has 0 aliphatic carbocycles. The van der Waals surface area contributed by atoms with Crippen molar-refractivity contribution in [1.29, 1.82) is 0 Å². The molecule has 8 aromatic rings. The standard InChI is InChI=1S/C48H30BN7.Pt/c1-3-13-33(14-4-1)52-31-53(44-22-12-11-21-43(44)52)35-23-25-39-37-17-7-9-19-41(37)49-42-20-10-8-18-38(42)40-26-24-36(30-46(40)56(49)45(39)29-35)55-32-54(34-15-5-2-6-16-34)47-48(55)51-28-27-50-47;/h1-28,31-32H;/q-4;+4. The minimum atomic E-state index is -0.0912. The summed E-state index contributed by atoms with van der Waals surface area (Å²) in [5.74, 6) is 1.53. The second-order valence-corrected chi connectivity index (χ2v) is 14.2. The van der Waals surface area contributed by atoms with Crippen LogP contribution < -0.4 is 35.3 Å². The molecule has 1 aromatic heterocycles. The normalized spacial score (nSPS) is 14.2. The van der Waals surface area contributed by atoms with Gasteiger partial charge in [0.1, 0.15) is 11.6 Å². The zero-order chi connectivity index (χ0) is 36.7. The Morgan fingerprint density at radius 3 is 1.47 bits per heavy atom. The third-order valence-corrected chi connectivity index (χ3v) is 11.2. The summed E-state index contributed by atoms with van der Waals surface area (Å²) in [4.78, 5) is 20.7. The third kappa shape index (κ3) is 5.10. The largest absolute Gasteiger partial charge is 4.00 e. The van der Waals surface area contributed by atoms with E-state index in [1.165, 1.54) is 22.1 Å². The molecule has 0 radical (unpaired) electrons. The summed E-state index contributed by atoms with van der Waals surface area (Å²) in [5, 5.41) is 0. The van der Waals surface area contributed by atoms with Crippen molar-refractivity contribution in [3.8, 4) is 22.3 Å². The fourth-order valence-corrected chi connectivity index (χ4v) is 8.76. The zero-order valence-corrected chi connectivity index (χ0v) is 32.6. The molecule has 12 rings (SSSR count). The molecular weight excluding hydrogens is 880 g/mol. The van der Waals surface area contributed by atoms with Crippen LogP contribution in [0.4, 0.5) is 57.1 Å². The van der Waals surface area contributed by atoms with E-state index >= 15 is 0 Å². The van der Waals surface area contributed by atoms with E-state index in [4.69, 9.17) is 9.97 Å². The molecule has 57 heavy (non-hydrogen) atoms. The van der Waals surface area contributed by atoms with Crippen LogP contribution >= 0.6 is 0 Å². The molecule has 0 N–H and O–H groups in total. The number of para-hydroxylation sites is 4. The van der Waals surface area contributed by atoms with Gasteiger partial charge in [0, 0.05) is 35.1 Å². The van der Waals surface area contributed by atoms with Gasteiger partial charge in [-0.05, 0) is 36.4 Å². The maximum atomic E-state index is 4.83. The first-order valence-corrected chi connectivity index (χ1v) is 18.8. The Labute approximate surface area is 346 Å². The summed E-state index contributed by atoms with van der Waals surface area (Å²) < 4.78 is 0. The van der Waals surface area contributed by atoms with E-state index in [2.05, 4.69) is 189 Å². The molecular formula is C48H30BN7Pt. The van der Waals surface area contributed by atoms with Crippen LogP contribution in [0.2, 0.25) is 0 Å². The van der Waals surface area contributed by atoms with E-state index in [1.807, 2.05) is 18.2 Å². The Morgan fingerprint density at radius 1 is 0.421 bits per heavy atom. The van der Waals surface area contributed by atoms with E-state index in [0.29, 0.717) is 0 Å². The van der Waals surface area contributed by atoms with Gasteiger partial charge in [0.05, 0.1) is 0 Å². The predicted molar refractivity (Wildman–Crippen MR) is 227 cm³/mol. The van der Waals surface area contributed by atoms with E-state index in [0.717, 1.165) is 68.3 Å². The van der Waals surface area contributed by atoms with Crippen molar-refractivity contribution in [1.82, 2.24) is 9.97 Å². The molecule has 0 fully saturated rings. The average molecular weight is 911 g/mol. The predicted octanol–water partition coefficient (Wildman–Crippen LogP) is 9.80. The molecule has 0 bridgehead atoms. The molecule has 9 heteroatoms. The SMILES string of the molecule is [Pt+4].[c-]1c(N2[CH-]N(c3ccccc3)c3ccccc32)ccc2c1N1B(c3ccccc3-2)c2ccccc2-c2ccc(N3[CH-]N(c4ccccc4)c4nccnc43)[c-]c21. The van der Waals surface area contributed by atoms with Crippen LogP contribution in [-0.4, -0.2) is 16.8 Å². The van der Waals surface area contributed by atoms with Gasteiger partial charge in [-0.25, -0.2) is 9.97 Å². The van der Waals surface area contributed by atoms with Crippen LogP contribution in [0.25, 0.3) is 22.3 Å². The minimum absolute atomic E-state index is 0. The smallest absolute Gasteiger partial charge is 0.493 e. The van der Waals surface area contributed by atoms with Gasteiger partial charge < -0.3 is 24.4 Å². The molecule has 0 saturated carbocycles. The molecule has 4 aliphatic rings. The Kier molecular flexibility index (Phi) is 7.83. The molecule has 0 unspecified atom stereocenters. The van der Waals surface area contributed by atoms with Crippen LogP contribution in [0.3, 0.4) is 0 Å². The summed E-state index contributed by atoms with van der Waals surface area (Å²) in [7, 11) is 0. The maximum Gasteiger partial charge on any atom is 4.00 e. The van der Waals surface area contributed by atoms with Crippen molar-refractivity contribution in [3.63, 3.8) is 0 Å². The molecule has 0 spiro atoms. The molecule has 5 heterocycles. The first kappa shape index (κ1) is 33.7. The van der Waals surface area contributed by atoms with Gasteiger partial charge in [-0.1, -0.05) is 130 Å². The number of anilines is 10. The topological polar surface area (TPSA) is 42.0 Å². The summed E-state index contributed by atoms with van der Waals surface area (Å²) in [6, 6.07) is 63.7. The number of rotatable bonds is 4. The molecule has 0 amide bonds. The quantitative estimate of drug-likeness (QED) is 0.129. The summed E-state index contributed by atoms with van der Waals surface area (Å²) in [6.07, 6.45) is 3.49. The van der Waals surface area contributed by atoms with Gasteiger partial charge in [-0.2, -0.15) is 12.1 Å².